The fraction of sp³-hybridized carbons (Fsp3) is 0.500. The highest BCUT2D eigenvalue weighted by molar-refractivity contribution is 5.34. The lowest BCUT2D eigenvalue weighted by Crippen LogP contribution is -2.41. The largest absolute Gasteiger partial charge is 0.395 e. The van der Waals surface area contributed by atoms with Gasteiger partial charge in [0.1, 0.15) is 11.9 Å². The van der Waals surface area contributed by atoms with E-state index in [0.717, 1.165) is 12.8 Å². The molecule has 4 heteroatoms. The quantitative estimate of drug-likeness (QED) is 0.867. The summed E-state index contributed by atoms with van der Waals surface area (Å²) in [5.74, 6) is -0.428. The molecule has 2 rings (SSSR count). The molecule has 0 aromatic heterocycles. The summed E-state index contributed by atoms with van der Waals surface area (Å²) in [6, 6.07) is 7.20. The summed E-state index contributed by atoms with van der Waals surface area (Å²) in [4.78, 5) is 2.10. The normalized spacial score (nSPS) is 15.4. The van der Waals surface area contributed by atoms with Crippen molar-refractivity contribution in [2.45, 2.75) is 31.8 Å². The SMILES string of the molecule is N#Cc1cccc(CN(CCO)C2CCC2)c1F. The Hall–Kier alpha value is -1.44. The lowest BCUT2D eigenvalue weighted by atomic mass is 9.91. The Morgan fingerprint density at radius 3 is 2.78 bits per heavy atom. The fourth-order valence-electron chi connectivity index (χ4n) is 2.28. The minimum atomic E-state index is -0.428. The Kier molecular flexibility index (Phi) is 4.29. The average Bonchev–Trinajstić information content (AvgIpc) is 2.30. The van der Waals surface area contributed by atoms with Crippen molar-refractivity contribution in [1.29, 1.82) is 5.26 Å². The van der Waals surface area contributed by atoms with Crippen molar-refractivity contribution < 1.29 is 9.50 Å². The number of benzene rings is 1. The first-order valence-corrected chi connectivity index (χ1v) is 6.28. The van der Waals surface area contributed by atoms with E-state index >= 15 is 0 Å². The third-order valence-corrected chi connectivity index (χ3v) is 3.55. The molecular formula is C14H17FN2O. The number of nitriles is 1. The zero-order chi connectivity index (χ0) is 13.0. The molecule has 1 aliphatic carbocycles. The molecule has 0 amide bonds. The van der Waals surface area contributed by atoms with Gasteiger partial charge in [0.2, 0.25) is 0 Å². The Labute approximate surface area is 106 Å². The number of aliphatic hydroxyl groups is 1. The minimum Gasteiger partial charge on any atom is -0.395 e. The van der Waals surface area contributed by atoms with Crippen LogP contribution in [-0.2, 0) is 6.54 Å². The molecule has 3 nitrogen and oxygen atoms in total. The van der Waals surface area contributed by atoms with E-state index in [9.17, 15) is 4.39 Å². The lowest BCUT2D eigenvalue weighted by Gasteiger charge is -2.37. The molecule has 1 aromatic carbocycles. The van der Waals surface area contributed by atoms with Gasteiger partial charge in [-0.25, -0.2) is 4.39 Å². The molecular weight excluding hydrogens is 231 g/mol. The van der Waals surface area contributed by atoms with Crippen LogP contribution in [0, 0.1) is 17.1 Å². The number of halogens is 1. The molecule has 18 heavy (non-hydrogen) atoms. The summed E-state index contributed by atoms with van der Waals surface area (Å²) in [6.45, 7) is 1.10. The van der Waals surface area contributed by atoms with Crippen molar-refractivity contribution in [1.82, 2.24) is 4.90 Å². The van der Waals surface area contributed by atoms with Crippen molar-refractivity contribution >= 4 is 0 Å². The van der Waals surface area contributed by atoms with E-state index in [1.165, 1.54) is 12.5 Å². The Balaban J connectivity index is 2.13. The molecule has 0 saturated heterocycles. The van der Waals surface area contributed by atoms with Crippen LogP contribution >= 0.6 is 0 Å². The molecule has 1 saturated carbocycles. The molecule has 0 bridgehead atoms. The number of hydrogen-bond donors (Lipinski definition) is 1. The van der Waals surface area contributed by atoms with Gasteiger partial charge < -0.3 is 5.11 Å². The predicted molar refractivity (Wildman–Crippen MR) is 66.2 cm³/mol. The molecule has 0 unspecified atom stereocenters. The molecule has 0 heterocycles. The van der Waals surface area contributed by atoms with Crippen LogP contribution < -0.4 is 0 Å². The van der Waals surface area contributed by atoms with Crippen LogP contribution in [0.15, 0.2) is 18.2 Å². The van der Waals surface area contributed by atoms with Crippen LogP contribution in [-0.4, -0.2) is 29.2 Å². The van der Waals surface area contributed by atoms with Crippen molar-refractivity contribution in [2.75, 3.05) is 13.2 Å². The van der Waals surface area contributed by atoms with E-state index in [4.69, 9.17) is 10.4 Å². The van der Waals surface area contributed by atoms with Crippen LogP contribution in [0.5, 0.6) is 0 Å². The van der Waals surface area contributed by atoms with E-state index in [1.807, 2.05) is 6.07 Å². The summed E-state index contributed by atoms with van der Waals surface area (Å²) in [5.41, 5.74) is 0.624. The standard InChI is InChI=1S/C14H17FN2O/c15-14-11(9-16)3-1-4-12(14)10-17(7-8-18)13-5-2-6-13/h1,3-4,13,18H,2,5-8,10H2. The van der Waals surface area contributed by atoms with E-state index in [1.54, 1.807) is 12.1 Å². The Morgan fingerprint density at radius 1 is 1.44 bits per heavy atom. The summed E-state index contributed by atoms with van der Waals surface area (Å²) in [6.07, 6.45) is 3.42. The first-order chi connectivity index (χ1) is 8.76. The van der Waals surface area contributed by atoms with Crippen molar-refractivity contribution in [3.63, 3.8) is 0 Å². The van der Waals surface area contributed by atoms with Gasteiger partial charge in [-0.15, -0.1) is 0 Å². The summed E-state index contributed by atoms with van der Waals surface area (Å²) in [7, 11) is 0. The van der Waals surface area contributed by atoms with Crippen molar-refractivity contribution in [2.24, 2.45) is 0 Å². The molecule has 1 aliphatic rings. The number of rotatable bonds is 5. The van der Waals surface area contributed by atoms with Crippen molar-refractivity contribution in [3.8, 4) is 6.07 Å². The van der Waals surface area contributed by atoms with E-state index in [-0.39, 0.29) is 12.2 Å². The maximum absolute atomic E-state index is 13.9. The molecule has 1 fully saturated rings. The molecule has 0 spiro atoms. The second-order valence-corrected chi connectivity index (χ2v) is 4.67. The maximum Gasteiger partial charge on any atom is 0.145 e. The molecule has 0 atom stereocenters. The topological polar surface area (TPSA) is 47.3 Å². The van der Waals surface area contributed by atoms with E-state index in [2.05, 4.69) is 4.90 Å². The number of hydrogen-bond acceptors (Lipinski definition) is 3. The molecule has 0 aliphatic heterocycles. The third-order valence-electron chi connectivity index (χ3n) is 3.55. The van der Waals surface area contributed by atoms with Gasteiger partial charge in [-0.1, -0.05) is 18.6 Å². The van der Waals surface area contributed by atoms with Gasteiger partial charge >= 0.3 is 0 Å². The van der Waals surface area contributed by atoms with Crippen molar-refractivity contribution in [3.05, 3.63) is 35.1 Å². The zero-order valence-corrected chi connectivity index (χ0v) is 10.3. The fourth-order valence-corrected chi connectivity index (χ4v) is 2.28. The molecule has 1 aromatic rings. The zero-order valence-electron chi connectivity index (χ0n) is 10.3. The summed E-state index contributed by atoms with van der Waals surface area (Å²) < 4.78 is 13.9. The highest BCUT2D eigenvalue weighted by atomic mass is 19.1. The van der Waals surface area contributed by atoms with Gasteiger partial charge in [0.05, 0.1) is 12.2 Å². The van der Waals surface area contributed by atoms with Gasteiger partial charge in [-0.05, 0) is 18.9 Å². The van der Waals surface area contributed by atoms with Gasteiger partial charge in [0.15, 0.2) is 0 Å². The van der Waals surface area contributed by atoms with Gasteiger partial charge in [-0.3, -0.25) is 4.90 Å². The van der Waals surface area contributed by atoms with Crippen LogP contribution in [0.2, 0.25) is 0 Å². The van der Waals surface area contributed by atoms with E-state index in [0.29, 0.717) is 24.7 Å². The van der Waals surface area contributed by atoms with Crippen LogP contribution in [0.25, 0.3) is 0 Å². The van der Waals surface area contributed by atoms with Crippen LogP contribution in [0.4, 0.5) is 4.39 Å². The summed E-state index contributed by atoms with van der Waals surface area (Å²) >= 11 is 0. The minimum absolute atomic E-state index is 0.0794. The monoisotopic (exact) mass is 248 g/mol. The van der Waals surface area contributed by atoms with Crippen LogP contribution in [0.3, 0.4) is 0 Å². The first-order valence-electron chi connectivity index (χ1n) is 6.28. The maximum atomic E-state index is 13.9. The second kappa shape index (κ2) is 5.94. The molecule has 1 N–H and O–H groups in total. The highest BCUT2D eigenvalue weighted by Crippen LogP contribution is 2.26. The highest BCUT2D eigenvalue weighted by Gasteiger charge is 2.25. The number of nitrogens with zero attached hydrogens (tertiary/aromatic N) is 2. The van der Waals surface area contributed by atoms with Gasteiger partial charge in [0.25, 0.3) is 0 Å². The van der Waals surface area contributed by atoms with Crippen LogP contribution in [0.1, 0.15) is 30.4 Å². The summed E-state index contributed by atoms with van der Waals surface area (Å²) in [5, 5.41) is 17.9. The average molecular weight is 248 g/mol. The number of aliphatic hydroxyl groups excluding tert-OH is 1. The predicted octanol–water partition coefficient (Wildman–Crippen LogP) is 2.04. The lowest BCUT2D eigenvalue weighted by molar-refractivity contribution is 0.0934. The Morgan fingerprint density at radius 2 is 2.22 bits per heavy atom. The van der Waals surface area contributed by atoms with E-state index < -0.39 is 5.82 Å². The molecule has 96 valence electrons. The van der Waals surface area contributed by atoms with Gasteiger partial charge in [-0.2, -0.15) is 5.26 Å². The Bertz CT molecular complexity index is 452. The smallest absolute Gasteiger partial charge is 0.145 e. The first kappa shape index (κ1) is 13.0. The third kappa shape index (κ3) is 2.69. The molecule has 0 radical (unpaired) electrons. The van der Waals surface area contributed by atoms with Gasteiger partial charge in [0, 0.05) is 24.7 Å². The second-order valence-electron chi connectivity index (χ2n) is 4.67.